The van der Waals surface area contributed by atoms with E-state index < -0.39 is 29.3 Å². The molecule has 6 nitrogen and oxygen atoms in total. The van der Waals surface area contributed by atoms with Gasteiger partial charge in [-0.3, -0.25) is 14.4 Å². The van der Waals surface area contributed by atoms with Crippen LogP contribution in [0.4, 0.5) is 23.2 Å². The Labute approximate surface area is 139 Å². The van der Waals surface area contributed by atoms with Crippen molar-refractivity contribution >= 4 is 24.3 Å². The Morgan fingerprint density at radius 2 is 1.84 bits per heavy atom. The zero-order chi connectivity index (χ0) is 19.4. The summed E-state index contributed by atoms with van der Waals surface area (Å²) in [7, 11) is 2.06. The molecular formula is C15H11F4N3O3. The summed E-state index contributed by atoms with van der Waals surface area (Å²) in [6.07, 6.45) is -4.77. The van der Waals surface area contributed by atoms with Crippen LogP contribution in [-0.4, -0.2) is 43.8 Å². The van der Waals surface area contributed by atoms with Crippen molar-refractivity contribution in [1.29, 1.82) is 5.26 Å². The zero-order valence-corrected chi connectivity index (χ0v) is 13.0. The molecular weight excluding hydrogens is 346 g/mol. The molecule has 0 unspecified atom stereocenters. The molecule has 0 aliphatic rings. The van der Waals surface area contributed by atoms with E-state index in [1.54, 1.807) is 0 Å². The molecule has 25 heavy (non-hydrogen) atoms. The fourth-order valence-corrected chi connectivity index (χ4v) is 1.84. The molecule has 0 aliphatic heterocycles. The molecule has 0 aromatic heterocycles. The lowest BCUT2D eigenvalue weighted by Crippen LogP contribution is -2.32. The van der Waals surface area contributed by atoms with Gasteiger partial charge in [0.15, 0.2) is 6.29 Å². The number of alkyl halides is 3. The molecule has 0 saturated carbocycles. The van der Waals surface area contributed by atoms with E-state index in [9.17, 15) is 31.9 Å². The Kier molecular flexibility index (Phi) is 6.00. The van der Waals surface area contributed by atoms with Gasteiger partial charge in [0.2, 0.25) is 6.41 Å². The van der Waals surface area contributed by atoms with E-state index >= 15 is 0 Å². The molecule has 0 aliphatic carbocycles. The fourth-order valence-electron chi connectivity index (χ4n) is 1.84. The summed E-state index contributed by atoms with van der Waals surface area (Å²) in [5.74, 6) is -2.70. The van der Waals surface area contributed by atoms with E-state index in [-0.39, 0.29) is 34.8 Å². The van der Waals surface area contributed by atoms with E-state index in [2.05, 4.69) is 0 Å². The number of halogens is 4. The summed E-state index contributed by atoms with van der Waals surface area (Å²) in [6, 6.07) is 2.86. The Hall–Kier alpha value is -3.22. The molecule has 1 aromatic carbocycles. The Bertz CT molecular complexity index is 779. The molecule has 132 valence electrons. The molecule has 0 spiro atoms. The third-order valence-electron chi connectivity index (χ3n) is 3.00. The van der Waals surface area contributed by atoms with Gasteiger partial charge in [-0.1, -0.05) is 0 Å². The number of rotatable bonds is 5. The van der Waals surface area contributed by atoms with Gasteiger partial charge in [-0.2, -0.15) is 18.4 Å². The quantitative estimate of drug-likeness (QED) is 0.457. The van der Waals surface area contributed by atoms with Gasteiger partial charge in [0, 0.05) is 25.7 Å². The van der Waals surface area contributed by atoms with E-state index in [0.29, 0.717) is 11.0 Å². The molecule has 0 radical (unpaired) electrons. The number of allylic oxidation sites excluding steroid dienone is 1. The molecule has 0 saturated heterocycles. The van der Waals surface area contributed by atoms with E-state index in [0.717, 1.165) is 20.2 Å². The fraction of sp³-hybridized carbons (Fsp3) is 0.200. The smallest absolute Gasteiger partial charge is 0.373 e. The lowest BCUT2D eigenvalue weighted by atomic mass is 10.1. The second-order valence-corrected chi connectivity index (χ2v) is 4.86. The van der Waals surface area contributed by atoms with Crippen molar-refractivity contribution in [3.63, 3.8) is 0 Å². The number of benzene rings is 1. The molecule has 10 heteroatoms. The largest absolute Gasteiger partial charge is 0.431 e. The van der Waals surface area contributed by atoms with Crippen LogP contribution in [-0.2, 0) is 9.59 Å². The number of imide groups is 1. The van der Waals surface area contributed by atoms with Crippen molar-refractivity contribution in [3.05, 3.63) is 40.8 Å². The third-order valence-corrected chi connectivity index (χ3v) is 3.00. The number of carbonyl (C=O) groups excluding carboxylic acids is 3. The summed E-state index contributed by atoms with van der Waals surface area (Å²) < 4.78 is 52.6. The first-order valence-corrected chi connectivity index (χ1v) is 6.50. The normalized spacial score (nSPS) is 11.5. The van der Waals surface area contributed by atoms with Gasteiger partial charge in [0.05, 0.1) is 17.3 Å². The van der Waals surface area contributed by atoms with Crippen LogP contribution in [0.3, 0.4) is 0 Å². The van der Waals surface area contributed by atoms with Crippen LogP contribution < -0.4 is 4.90 Å². The molecule has 1 aromatic rings. The predicted molar refractivity (Wildman–Crippen MR) is 77.9 cm³/mol. The minimum absolute atomic E-state index is 0.0682. The average Bonchev–Trinajstić information content (AvgIpc) is 2.52. The van der Waals surface area contributed by atoms with Gasteiger partial charge < -0.3 is 4.90 Å². The van der Waals surface area contributed by atoms with Gasteiger partial charge in [0.1, 0.15) is 11.5 Å². The number of aldehydes is 1. The van der Waals surface area contributed by atoms with Gasteiger partial charge in [-0.25, -0.2) is 9.29 Å². The number of anilines is 1. The first kappa shape index (κ1) is 19.8. The van der Waals surface area contributed by atoms with Gasteiger partial charge in [0.25, 0.3) is 5.91 Å². The minimum atomic E-state index is -4.88. The molecule has 1 rings (SSSR count). The summed E-state index contributed by atoms with van der Waals surface area (Å²) in [6.45, 7) is 0. The molecule has 0 atom stereocenters. The Morgan fingerprint density at radius 1 is 1.24 bits per heavy atom. The van der Waals surface area contributed by atoms with Gasteiger partial charge in [-0.05, 0) is 12.1 Å². The van der Waals surface area contributed by atoms with Crippen molar-refractivity contribution in [3.8, 4) is 6.07 Å². The first-order chi connectivity index (χ1) is 11.6. The summed E-state index contributed by atoms with van der Waals surface area (Å²) in [5, 5.41) is 8.77. The highest BCUT2D eigenvalue weighted by Gasteiger charge is 2.36. The topological polar surface area (TPSA) is 81.5 Å². The van der Waals surface area contributed by atoms with Crippen LogP contribution >= 0.6 is 0 Å². The maximum atomic E-state index is 14.0. The number of hydrogen-bond donors (Lipinski definition) is 0. The highest BCUT2D eigenvalue weighted by Crippen LogP contribution is 2.28. The van der Waals surface area contributed by atoms with E-state index in [4.69, 9.17) is 5.26 Å². The maximum absolute atomic E-state index is 14.0. The molecule has 0 N–H and O–H groups in total. The Morgan fingerprint density at radius 3 is 2.24 bits per heavy atom. The number of nitrogens with zero attached hydrogens (tertiary/aromatic N) is 3. The van der Waals surface area contributed by atoms with Crippen LogP contribution in [0.15, 0.2) is 23.9 Å². The summed E-state index contributed by atoms with van der Waals surface area (Å²) in [4.78, 5) is 34.7. The van der Waals surface area contributed by atoms with Crippen LogP contribution in [0.25, 0.3) is 0 Å². The SMILES string of the molecule is CN(C)/C(=C\C(=O)N(C=O)c1cc(C=O)c(C#N)cc1F)C(F)(F)F. The highest BCUT2D eigenvalue weighted by molar-refractivity contribution is 6.13. The summed E-state index contributed by atoms with van der Waals surface area (Å²) in [5.41, 5.74) is -2.80. The number of hydrogen-bond acceptors (Lipinski definition) is 5. The van der Waals surface area contributed by atoms with Crippen LogP contribution in [0.2, 0.25) is 0 Å². The van der Waals surface area contributed by atoms with Crippen molar-refractivity contribution < 1.29 is 31.9 Å². The lowest BCUT2D eigenvalue weighted by molar-refractivity contribution is -0.121. The van der Waals surface area contributed by atoms with Crippen LogP contribution in [0.1, 0.15) is 15.9 Å². The van der Waals surface area contributed by atoms with Crippen LogP contribution in [0.5, 0.6) is 0 Å². The molecule has 0 bridgehead atoms. The molecule has 0 heterocycles. The average molecular weight is 357 g/mol. The second kappa shape index (κ2) is 7.57. The van der Waals surface area contributed by atoms with Crippen molar-refractivity contribution in [2.24, 2.45) is 0 Å². The lowest BCUT2D eigenvalue weighted by Gasteiger charge is -2.21. The Balaban J connectivity index is 3.45. The number of nitriles is 1. The number of amides is 2. The summed E-state index contributed by atoms with van der Waals surface area (Å²) >= 11 is 0. The third kappa shape index (κ3) is 4.41. The van der Waals surface area contributed by atoms with E-state index in [1.807, 2.05) is 0 Å². The second-order valence-electron chi connectivity index (χ2n) is 4.86. The van der Waals surface area contributed by atoms with Gasteiger partial charge in [-0.15, -0.1) is 0 Å². The predicted octanol–water partition coefficient (Wildman–Crippen LogP) is 2.01. The zero-order valence-electron chi connectivity index (χ0n) is 13.0. The monoisotopic (exact) mass is 357 g/mol. The minimum Gasteiger partial charge on any atom is -0.373 e. The molecule has 0 fully saturated rings. The highest BCUT2D eigenvalue weighted by atomic mass is 19.4. The van der Waals surface area contributed by atoms with Crippen molar-refractivity contribution in [2.45, 2.75) is 6.18 Å². The standard InChI is InChI=1S/C15H11F4N3O3/c1-21(2)13(15(17,18)19)5-14(25)22(8-24)12-4-10(7-23)9(6-20)3-11(12)16/h3-5,7-8H,1-2H3/b13-5-. The van der Waals surface area contributed by atoms with Crippen molar-refractivity contribution in [2.75, 3.05) is 19.0 Å². The van der Waals surface area contributed by atoms with Crippen LogP contribution in [0, 0.1) is 17.1 Å². The van der Waals surface area contributed by atoms with Gasteiger partial charge >= 0.3 is 6.18 Å². The number of carbonyl (C=O) groups is 3. The first-order valence-electron chi connectivity index (χ1n) is 6.50. The maximum Gasteiger partial charge on any atom is 0.431 e. The van der Waals surface area contributed by atoms with Crippen molar-refractivity contribution in [1.82, 2.24) is 4.90 Å². The molecule has 2 amide bonds. The van der Waals surface area contributed by atoms with E-state index in [1.165, 1.54) is 6.07 Å².